The molecule has 1 atom stereocenters. The Morgan fingerprint density at radius 1 is 1.55 bits per heavy atom. The van der Waals surface area contributed by atoms with Gasteiger partial charge in [-0.3, -0.25) is 4.79 Å². The number of alkyl halides is 3. The van der Waals surface area contributed by atoms with Crippen LogP contribution in [0.1, 0.15) is 23.7 Å². The fourth-order valence-corrected chi connectivity index (χ4v) is 2.03. The number of thioether (sulfide) groups is 1. The Morgan fingerprint density at radius 3 is 2.75 bits per heavy atom. The van der Waals surface area contributed by atoms with Gasteiger partial charge in [0.2, 0.25) is 0 Å². The minimum atomic E-state index is -4.50. The molecule has 0 aliphatic carbocycles. The Bertz CT molecular complexity index is 466. The van der Waals surface area contributed by atoms with Gasteiger partial charge in [0.25, 0.3) is 5.91 Å². The largest absolute Gasteiger partial charge is 0.447 e. The molecule has 0 spiro atoms. The van der Waals surface area contributed by atoms with E-state index in [1.165, 1.54) is 30.3 Å². The lowest BCUT2D eigenvalue weighted by molar-refractivity contribution is -0.0329. The summed E-state index contributed by atoms with van der Waals surface area (Å²) in [6.07, 6.45) is 0.980. The van der Waals surface area contributed by atoms with Crippen molar-refractivity contribution < 1.29 is 23.1 Å². The Morgan fingerprint density at radius 2 is 2.20 bits per heavy atom. The highest BCUT2D eigenvalue weighted by Crippen LogP contribution is 2.37. The average Bonchev–Trinajstić information content (AvgIpc) is 2.33. The van der Waals surface area contributed by atoms with Crippen LogP contribution in [0.25, 0.3) is 0 Å². The molecule has 20 heavy (non-hydrogen) atoms. The molecule has 112 valence electrons. The molecule has 0 fully saturated rings. The summed E-state index contributed by atoms with van der Waals surface area (Å²) in [6, 6.07) is 2.72. The van der Waals surface area contributed by atoms with E-state index in [-0.39, 0.29) is 17.1 Å². The maximum atomic E-state index is 12.4. The van der Waals surface area contributed by atoms with E-state index in [9.17, 15) is 18.0 Å². The van der Waals surface area contributed by atoms with E-state index in [0.29, 0.717) is 6.42 Å². The number of aliphatic hydroxyl groups is 1. The molecule has 1 aromatic heterocycles. The molecule has 0 saturated heterocycles. The second-order valence-corrected chi connectivity index (χ2v) is 5.32. The highest BCUT2D eigenvalue weighted by molar-refractivity contribution is 8.00. The molecule has 0 saturated carbocycles. The second-order valence-electron chi connectivity index (χ2n) is 4.27. The molecule has 1 unspecified atom stereocenters. The highest BCUT2D eigenvalue weighted by Gasteiger charge is 2.32. The summed E-state index contributed by atoms with van der Waals surface area (Å²) in [5, 5.41) is 8.79. The van der Waals surface area contributed by atoms with Gasteiger partial charge < -0.3 is 10.0 Å². The first-order chi connectivity index (χ1) is 9.20. The van der Waals surface area contributed by atoms with Crippen LogP contribution in [0.4, 0.5) is 13.2 Å². The first-order valence-corrected chi connectivity index (χ1v) is 6.66. The average molecular weight is 308 g/mol. The summed E-state index contributed by atoms with van der Waals surface area (Å²) in [5.41, 5.74) is -4.59. The van der Waals surface area contributed by atoms with Crippen molar-refractivity contribution in [3.63, 3.8) is 0 Å². The summed E-state index contributed by atoms with van der Waals surface area (Å²) in [5.74, 6) is -0.550. The number of nitrogens with zero attached hydrogens (tertiary/aromatic N) is 2. The van der Waals surface area contributed by atoms with Crippen molar-refractivity contribution in [2.24, 2.45) is 0 Å². The number of hydrogen-bond acceptors (Lipinski definition) is 4. The smallest absolute Gasteiger partial charge is 0.393 e. The van der Waals surface area contributed by atoms with Crippen LogP contribution < -0.4 is 0 Å². The minimum absolute atomic E-state index is 0.0945. The summed E-state index contributed by atoms with van der Waals surface area (Å²) in [7, 11) is 1.47. The molecule has 0 bridgehead atoms. The van der Waals surface area contributed by atoms with Crippen LogP contribution in [0.2, 0.25) is 0 Å². The lowest BCUT2D eigenvalue weighted by Crippen LogP contribution is -2.30. The number of pyridine rings is 1. The third kappa shape index (κ3) is 5.38. The zero-order valence-electron chi connectivity index (χ0n) is 11.0. The van der Waals surface area contributed by atoms with Crippen molar-refractivity contribution in [3.8, 4) is 0 Å². The molecular weight excluding hydrogens is 293 g/mol. The molecule has 8 heteroatoms. The summed E-state index contributed by atoms with van der Waals surface area (Å²) >= 11 is -0.411. The Hall–Kier alpha value is -1.28. The van der Waals surface area contributed by atoms with Crippen molar-refractivity contribution in [1.29, 1.82) is 0 Å². The Labute approximate surface area is 119 Å². The van der Waals surface area contributed by atoms with Crippen molar-refractivity contribution in [3.05, 3.63) is 23.9 Å². The van der Waals surface area contributed by atoms with Crippen LogP contribution in [0.15, 0.2) is 23.4 Å². The number of carbonyl (C=O) groups excluding carboxylic acids is 1. The van der Waals surface area contributed by atoms with Crippen molar-refractivity contribution in [1.82, 2.24) is 9.88 Å². The molecule has 1 N–H and O–H groups in total. The van der Waals surface area contributed by atoms with E-state index in [2.05, 4.69) is 4.98 Å². The van der Waals surface area contributed by atoms with Crippen LogP contribution >= 0.6 is 11.8 Å². The van der Waals surface area contributed by atoms with Crippen LogP contribution in [0.5, 0.6) is 0 Å². The molecule has 0 aliphatic heterocycles. The van der Waals surface area contributed by atoms with E-state index in [1.807, 2.05) is 0 Å². The monoisotopic (exact) mass is 308 g/mol. The summed E-state index contributed by atoms with van der Waals surface area (Å²) in [4.78, 5) is 17.0. The third-order valence-electron chi connectivity index (χ3n) is 2.44. The van der Waals surface area contributed by atoms with Crippen LogP contribution in [-0.4, -0.2) is 46.1 Å². The number of halogens is 3. The topological polar surface area (TPSA) is 53.4 Å². The van der Waals surface area contributed by atoms with Gasteiger partial charge in [0, 0.05) is 31.6 Å². The highest BCUT2D eigenvalue weighted by atomic mass is 32.2. The molecule has 1 aromatic rings. The molecule has 1 heterocycles. The van der Waals surface area contributed by atoms with Gasteiger partial charge in [-0.25, -0.2) is 4.98 Å². The summed E-state index contributed by atoms with van der Waals surface area (Å²) in [6.45, 7) is 1.83. The molecular formula is C12H15F3N2O2S. The number of carbonyl (C=O) groups is 1. The lowest BCUT2D eigenvalue weighted by atomic mass is 10.2. The predicted molar refractivity (Wildman–Crippen MR) is 69.4 cm³/mol. The zero-order chi connectivity index (χ0) is 15.3. The zero-order valence-corrected chi connectivity index (χ0v) is 11.8. The minimum Gasteiger partial charge on any atom is -0.393 e. The van der Waals surface area contributed by atoms with Crippen LogP contribution in [0, 0.1) is 0 Å². The van der Waals surface area contributed by atoms with Gasteiger partial charge in [-0.05, 0) is 25.5 Å². The van der Waals surface area contributed by atoms with Crippen molar-refractivity contribution in [2.75, 3.05) is 13.6 Å². The molecule has 4 nitrogen and oxygen atoms in total. The normalized spacial score (nSPS) is 13.1. The van der Waals surface area contributed by atoms with Gasteiger partial charge >= 0.3 is 5.51 Å². The van der Waals surface area contributed by atoms with E-state index in [1.54, 1.807) is 6.92 Å². The maximum absolute atomic E-state index is 12.4. The van der Waals surface area contributed by atoms with Crippen LogP contribution in [-0.2, 0) is 0 Å². The first kappa shape index (κ1) is 16.8. The van der Waals surface area contributed by atoms with E-state index in [4.69, 9.17) is 5.11 Å². The van der Waals surface area contributed by atoms with Crippen molar-refractivity contribution >= 4 is 17.7 Å². The number of aromatic nitrogens is 1. The van der Waals surface area contributed by atoms with Gasteiger partial charge in [-0.2, -0.15) is 13.2 Å². The number of hydrogen-bond donors (Lipinski definition) is 1. The molecule has 0 radical (unpaired) electrons. The van der Waals surface area contributed by atoms with E-state index < -0.39 is 29.3 Å². The molecule has 0 aliphatic rings. The van der Waals surface area contributed by atoms with Gasteiger partial charge in [-0.1, -0.05) is 0 Å². The van der Waals surface area contributed by atoms with E-state index in [0.717, 1.165) is 0 Å². The van der Waals surface area contributed by atoms with Gasteiger partial charge in [0.05, 0.1) is 11.7 Å². The molecule has 1 amide bonds. The quantitative estimate of drug-likeness (QED) is 0.849. The number of rotatable bonds is 5. The van der Waals surface area contributed by atoms with E-state index >= 15 is 0 Å². The standard InChI is InChI=1S/C12H15F3N2O2S/c1-8(18)5-7-17(2)11(19)9-4-3-6-16-10(9)20-12(13,14)15/h3-4,6,8,18H,5,7H2,1-2H3. The Balaban J connectivity index is 2.87. The van der Waals surface area contributed by atoms with Gasteiger partial charge in [0.1, 0.15) is 5.03 Å². The molecule has 1 rings (SSSR count). The first-order valence-electron chi connectivity index (χ1n) is 5.85. The molecule has 0 aromatic carbocycles. The Kier molecular flexibility index (Phi) is 5.82. The van der Waals surface area contributed by atoms with Crippen LogP contribution in [0.3, 0.4) is 0 Å². The second kappa shape index (κ2) is 6.94. The van der Waals surface area contributed by atoms with Crippen molar-refractivity contribution in [2.45, 2.75) is 30.0 Å². The fraction of sp³-hybridized carbons (Fsp3) is 0.500. The summed E-state index contributed by atoms with van der Waals surface area (Å²) < 4.78 is 37.2. The lowest BCUT2D eigenvalue weighted by Gasteiger charge is -2.19. The maximum Gasteiger partial charge on any atom is 0.447 e. The number of amides is 1. The third-order valence-corrected chi connectivity index (χ3v) is 3.19. The predicted octanol–water partition coefficient (Wildman–Crippen LogP) is 2.54. The number of aliphatic hydroxyl groups excluding tert-OH is 1. The fourth-order valence-electron chi connectivity index (χ4n) is 1.43. The SMILES string of the molecule is CC(O)CCN(C)C(=O)c1cccnc1SC(F)(F)F. The van der Waals surface area contributed by atoms with Gasteiger partial charge in [-0.15, -0.1) is 0 Å². The van der Waals surface area contributed by atoms with Gasteiger partial charge in [0.15, 0.2) is 0 Å².